The third-order valence-electron chi connectivity index (χ3n) is 3.90. The van der Waals surface area contributed by atoms with Gasteiger partial charge in [-0.15, -0.1) is 0 Å². The molecule has 0 unspecified atom stereocenters. The van der Waals surface area contributed by atoms with Crippen LogP contribution in [0, 0.1) is 0 Å². The maximum absolute atomic E-state index is 10.2. The Morgan fingerprint density at radius 3 is 2.08 bits per heavy atom. The van der Waals surface area contributed by atoms with Crippen LogP contribution in [-0.4, -0.2) is 13.1 Å². The van der Waals surface area contributed by atoms with Crippen LogP contribution >= 0.6 is 0 Å². The summed E-state index contributed by atoms with van der Waals surface area (Å²) in [6, 6.07) is 10.1. The number of unbranched alkanes of at least 4 members (excludes halogenated alkanes) is 9. The van der Waals surface area contributed by atoms with Crippen molar-refractivity contribution in [2.45, 2.75) is 70.8 Å². The molecule has 0 aromatic heterocycles. The van der Waals surface area contributed by atoms with Crippen molar-refractivity contribution in [3.63, 3.8) is 0 Å². The van der Waals surface area contributed by atoms with Crippen molar-refractivity contribution in [3.8, 4) is 0 Å². The van der Waals surface area contributed by atoms with Crippen LogP contribution < -0.4 is 0 Å². The van der Waals surface area contributed by atoms with Gasteiger partial charge in [0.2, 0.25) is 0 Å². The Kier molecular flexibility index (Phi) is 13.8. The first kappa shape index (κ1) is 20.4. The quantitative estimate of drug-likeness (QED) is 0.166. The van der Waals surface area contributed by atoms with Crippen LogP contribution in [0.15, 0.2) is 42.7 Å². The Morgan fingerprint density at radius 2 is 1.42 bits per heavy atom. The molecule has 0 radical (unpaired) electrons. The van der Waals surface area contributed by atoms with Crippen LogP contribution in [-0.2, 0) is 20.9 Å². The largest absolute Gasteiger partial charge is 0.475 e. The molecule has 0 aliphatic carbocycles. The number of carbonyl (C=O) groups is 1. The van der Waals surface area contributed by atoms with Gasteiger partial charge in [-0.1, -0.05) is 68.9 Å². The normalized spacial score (nSPS) is 11.0. The van der Waals surface area contributed by atoms with Crippen molar-refractivity contribution in [3.05, 3.63) is 48.2 Å². The summed E-state index contributed by atoms with van der Waals surface area (Å²) in [4.78, 5) is 10.2. The summed E-state index contributed by atoms with van der Waals surface area (Å²) in [5.74, 6) is 0. The molecule has 0 aliphatic heterocycles. The van der Waals surface area contributed by atoms with E-state index in [9.17, 15) is 4.79 Å². The summed E-state index contributed by atoms with van der Waals surface area (Å²) < 4.78 is 10.8. The zero-order valence-electron chi connectivity index (χ0n) is 14.8. The second-order valence-corrected chi connectivity index (χ2v) is 6.06. The van der Waals surface area contributed by atoms with E-state index in [0.717, 1.165) is 31.1 Å². The average molecular weight is 332 g/mol. The minimum absolute atomic E-state index is 0.301. The molecule has 1 rings (SSSR count). The van der Waals surface area contributed by atoms with Crippen molar-refractivity contribution < 1.29 is 14.3 Å². The molecule has 0 aliphatic rings. The maximum atomic E-state index is 10.2. The zero-order chi connectivity index (χ0) is 17.1. The molecule has 0 heterocycles. The summed E-state index contributed by atoms with van der Waals surface area (Å²) in [6.07, 6.45) is 16.6. The van der Waals surface area contributed by atoms with Crippen LogP contribution in [0.4, 0.5) is 0 Å². The standard InChI is InChI=1S/C21H32O3/c22-17-13-8-6-4-2-1-3-5-7-9-14-18-23-20-24-19-21-15-11-10-12-16-21/h10-12,14-18H,1-9,13,19-20H2. The highest BCUT2D eigenvalue weighted by Gasteiger charge is 1.92. The molecule has 3 nitrogen and oxygen atoms in total. The smallest absolute Gasteiger partial charge is 0.188 e. The molecular weight excluding hydrogens is 300 g/mol. The van der Waals surface area contributed by atoms with Gasteiger partial charge in [-0.05, 0) is 30.9 Å². The van der Waals surface area contributed by atoms with E-state index in [1.165, 1.54) is 44.9 Å². The second-order valence-electron chi connectivity index (χ2n) is 6.06. The topological polar surface area (TPSA) is 35.5 Å². The van der Waals surface area contributed by atoms with Gasteiger partial charge in [-0.3, -0.25) is 0 Å². The number of allylic oxidation sites excluding steroid dienone is 1. The maximum Gasteiger partial charge on any atom is 0.188 e. The third kappa shape index (κ3) is 12.9. The van der Waals surface area contributed by atoms with E-state index in [-0.39, 0.29) is 0 Å². The number of rotatable bonds is 16. The molecule has 3 heteroatoms. The molecule has 0 N–H and O–H groups in total. The van der Waals surface area contributed by atoms with Gasteiger partial charge < -0.3 is 14.3 Å². The highest BCUT2D eigenvalue weighted by Crippen LogP contribution is 2.10. The summed E-state index contributed by atoms with van der Waals surface area (Å²) >= 11 is 0. The molecule has 0 amide bonds. The van der Waals surface area contributed by atoms with Crippen molar-refractivity contribution in [2.24, 2.45) is 0 Å². The molecule has 134 valence electrons. The molecule has 0 spiro atoms. The molecule has 0 atom stereocenters. The van der Waals surface area contributed by atoms with E-state index in [2.05, 4.69) is 6.08 Å². The highest BCUT2D eigenvalue weighted by molar-refractivity contribution is 5.48. The SMILES string of the molecule is O=CCCCCCCCCCCC=COCOCc1ccccc1. The number of aldehydes is 1. The van der Waals surface area contributed by atoms with Crippen molar-refractivity contribution in [2.75, 3.05) is 6.79 Å². The fraction of sp³-hybridized carbons (Fsp3) is 0.571. The highest BCUT2D eigenvalue weighted by atomic mass is 16.7. The van der Waals surface area contributed by atoms with E-state index >= 15 is 0 Å². The van der Waals surface area contributed by atoms with Crippen LogP contribution in [0.25, 0.3) is 0 Å². The van der Waals surface area contributed by atoms with Gasteiger partial charge in [0.25, 0.3) is 0 Å². The zero-order valence-corrected chi connectivity index (χ0v) is 14.8. The predicted molar refractivity (Wildman–Crippen MR) is 98.6 cm³/mol. The van der Waals surface area contributed by atoms with E-state index in [1.807, 2.05) is 30.3 Å². The molecular formula is C21H32O3. The average Bonchev–Trinajstić information content (AvgIpc) is 2.62. The first-order valence-corrected chi connectivity index (χ1v) is 9.25. The fourth-order valence-electron chi connectivity index (χ4n) is 2.51. The van der Waals surface area contributed by atoms with E-state index in [0.29, 0.717) is 13.4 Å². The van der Waals surface area contributed by atoms with E-state index in [1.54, 1.807) is 6.26 Å². The first-order chi connectivity index (χ1) is 11.9. The van der Waals surface area contributed by atoms with Gasteiger partial charge >= 0.3 is 0 Å². The number of carbonyl (C=O) groups excluding carboxylic acids is 1. The second kappa shape index (κ2) is 16.3. The van der Waals surface area contributed by atoms with Crippen LogP contribution in [0.1, 0.15) is 69.8 Å². The van der Waals surface area contributed by atoms with Gasteiger partial charge in [0.05, 0.1) is 12.9 Å². The molecule has 1 aromatic carbocycles. The monoisotopic (exact) mass is 332 g/mol. The lowest BCUT2D eigenvalue weighted by Gasteiger charge is -2.03. The molecule has 24 heavy (non-hydrogen) atoms. The van der Waals surface area contributed by atoms with Crippen molar-refractivity contribution >= 4 is 6.29 Å². The van der Waals surface area contributed by atoms with Gasteiger partial charge in [-0.2, -0.15) is 0 Å². The molecule has 0 saturated carbocycles. The van der Waals surface area contributed by atoms with Crippen LogP contribution in [0.3, 0.4) is 0 Å². The third-order valence-corrected chi connectivity index (χ3v) is 3.90. The Hall–Kier alpha value is -1.61. The van der Waals surface area contributed by atoms with Crippen molar-refractivity contribution in [1.29, 1.82) is 0 Å². The van der Waals surface area contributed by atoms with Gasteiger partial charge in [0.1, 0.15) is 6.29 Å². The minimum atomic E-state index is 0.301. The Bertz CT molecular complexity index is 414. The fourth-order valence-corrected chi connectivity index (χ4v) is 2.51. The number of hydrogen-bond donors (Lipinski definition) is 0. The Morgan fingerprint density at radius 1 is 0.792 bits per heavy atom. The number of ether oxygens (including phenoxy) is 2. The van der Waals surface area contributed by atoms with Crippen molar-refractivity contribution in [1.82, 2.24) is 0 Å². The molecule has 0 bridgehead atoms. The molecule has 0 saturated heterocycles. The van der Waals surface area contributed by atoms with Crippen LogP contribution in [0.2, 0.25) is 0 Å². The number of hydrogen-bond acceptors (Lipinski definition) is 3. The lowest BCUT2D eigenvalue weighted by atomic mass is 10.1. The first-order valence-electron chi connectivity index (χ1n) is 9.25. The number of benzene rings is 1. The summed E-state index contributed by atoms with van der Waals surface area (Å²) in [5, 5.41) is 0. The lowest BCUT2D eigenvalue weighted by molar-refractivity contribution is -0.107. The van der Waals surface area contributed by atoms with Gasteiger partial charge in [-0.25, -0.2) is 0 Å². The van der Waals surface area contributed by atoms with Gasteiger partial charge in [0, 0.05) is 6.42 Å². The van der Waals surface area contributed by atoms with Crippen LogP contribution in [0.5, 0.6) is 0 Å². The van der Waals surface area contributed by atoms with E-state index < -0.39 is 0 Å². The summed E-state index contributed by atoms with van der Waals surface area (Å²) in [6.45, 7) is 0.888. The Balaban J connectivity index is 1.77. The lowest BCUT2D eigenvalue weighted by Crippen LogP contribution is -1.96. The predicted octanol–water partition coefficient (Wildman–Crippen LogP) is 5.79. The van der Waals surface area contributed by atoms with Gasteiger partial charge in [0.15, 0.2) is 6.79 Å². The summed E-state index contributed by atoms with van der Waals surface area (Å²) in [7, 11) is 0. The Labute approximate surface area is 147 Å². The van der Waals surface area contributed by atoms with E-state index in [4.69, 9.17) is 9.47 Å². The minimum Gasteiger partial charge on any atom is -0.475 e. The molecule has 1 aromatic rings. The summed E-state index contributed by atoms with van der Waals surface area (Å²) in [5.41, 5.74) is 1.16. The molecule has 0 fully saturated rings.